The van der Waals surface area contributed by atoms with Crippen LogP contribution in [0.2, 0.25) is 0 Å². The molecule has 0 radical (unpaired) electrons. The van der Waals surface area contributed by atoms with Gasteiger partial charge in [0.25, 0.3) is 0 Å². The van der Waals surface area contributed by atoms with Crippen molar-refractivity contribution in [3.63, 3.8) is 0 Å². The molecule has 0 spiro atoms. The maximum Gasteiger partial charge on any atom is 0.434 e. The van der Waals surface area contributed by atoms with Crippen LogP contribution < -0.4 is 0 Å². The lowest BCUT2D eigenvalue weighted by Gasteiger charge is -2.16. The van der Waals surface area contributed by atoms with E-state index in [1.165, 1.54) is 0 Å². The highest BCUT2D eigenvalue weighted by atomic mass is 16.6. The minimum absolute atomic E-state index is 0.234. The first-order valence-electron chi connectivity index (χ1n) is 4.68. The summed E-state index contributed by atoms with van der Waals surface area (Å²) < 4.78 is 9.58. The zero-order valence-electron chi connectivity index (χ0n) is 9.73. The topological polar surface area (TPSA) is 65.0 Å². The van der Waals surface area contributed by atoms with E-state index in [2.05, 4.69) is 4.99 Å². The zero-order valence-corrected chi connectivity index (χ0v) is 9.73. The monoisotopic (exact) mass is 215 g/mol. The van der Waals surface area contributed by atoms with Crippen molar-refractivity contribution >= 4 is 18.3 Å². The lowest BCUT2D eigenvalue weighted by molar-refractivity contribution is -0.138. The number of amides is 1. The number of hydrogen-bond donors (Lipinski definition) is 0. The highest BCUT2D eigenvalue weighted by Crippen LogP contribution is 2.07. The molecule has 0 heterocycles. The second kappa shape index (κ2) is 5.48. The number of nitrogens with zero attached hydrogens (tertiary/aromatic N) is 1. The zero-order chi connectivity index (χ0) is 12.1. The Balaban J connectivity index is 4.07. The predicted octanol–water partition coefficient (Wildman–Crippen LogP) is 1.94. The molecule has 0 atom stereocenters. The molecule has 0 N–H and O–H groups in total. The van der Waals surface area contributed by atoms with Gasteiger partial charge >= 0.3 is 12.1 Å². The van der Waals surface area contributed by atoms with Gasteiger partial charge in [-0.2, -0.15) is 4.99 Å². The fourth-order valence-electron chi connectivity index (χ4n) is 0.656. The van der Waals surface area contributed by atoms with Crippen molar-refractivity contribution in [3.8, 4) is 0 Å². The van der Waals surface area contributed by atoms with Gasteiger partial charge in [0.05, 0.1) is 6.10 Å². The number of aliphatic imine (C=N–C) groups is 1. The quantitative estimate of drug-likeness (QED) is 0.521. The van der Waals surface area contributed by atoms with Gasteiger partial charge in [0, 0.05) is 0 Å². The molecule has 0 aliphatic rings. The molecule has 0 saturated heterocycles. The van der Waals surface area contributed by atoms with Gasteiger partial charge < -0.3 is 9.47 Å². The maximum atomic E-state index is 11.0. The molecule has 86 valence electrons. The van der Waals surface area contributed by atoms with E-state index in [9.17, 15) is 9.59 Å². The number of rotatable bonds is 2. The van der Waals surface area contributed by atoms with E-state index in [0.29, 0.717) is 0 Å². The smallest absolute Gasteiger partial charge is 0.434 e. The Morgan fingerprint density at radius 1 is 1.27 bits per heavy atom. The summed E-state index contributed by atoms with van der Waals surface area (Å²) >= 11 is 0. The van der Waals surface area contributed by atoms with Crippen LogP contribution in [0.5, 0.6) is 0 Å². The second-order valence-electron chi connectivity index (χ2n) is 4.22. The van der Waals surface area contributed by atoms with Crippen LogP contribution in [0.4, 0.5) is 4.79 Å². The molecule has 5 nitrogen and oxygen atoms in total. The summed E-state index contributed by atoms with van der Waals surface area (Å²) in [5, 5.41) is 0. The minimum Gasteiger partial charge on any atom is -0.459 e. The molecule has 1 amide bonds. The van der Waals surface area contributed by atoms with Crippen LogP contribution in [0.25, 0.3) is 0 Å². The van der Waals surface area contributed by atoms with Crippen molar-refractivity contribution in [2.75, 3.05) is 0 Å². The Labute approximate surface area is 89.5 Å². The Bertz CT molecular complexity index is 263. The lowest BCUT2D eigenvalue weighted by Crippen LogP contribution is -2.22. The Morgan fingerprint density at radius 2 is 1.80 bits per heavy atom. The van der Waals surface area contributed by atoms with Crippen LogP contribution in [-0.4, -0.2) is 30.0 Å². The highest BCUT2D eigenvalue weighted by Gasteiger charge is 2.15. The van der Waals surface area contributed by atoms with Gasteiger partial charge in [-0.05, 0) is 34.6 Å². The molecule has 0 aromatic rings. The number of carbonyl (C=O) groups is 2. The fourth-order valence-corrected chi connectivity index (χ4v) is 0.656. The van der Waals surface area contributed by atoms with Crippen molar-refractivity contribution in [3.05, 3.63) is 0 Å². The maximum absolute atomic E-state index is 11.0. The van der Waals surface area contributed by atoms with Crippen molar-refractivity contribution in [2.45, 2.75) is 46.3 Å². The number of carbonyl (C=O) groups excluding carboxylic acids is 2. The third kappa shape index (κ3) is 8.93. The number of hydrogen-bond acceptors (Lipinski definition) is 4. The fraction of sp³-hybridized carbons (Fsp3) is 0.700. The van der Waals surface area contributed by atoms with Crippen molar-refractivity contribution < 1.29 is 19.1 Å². The van der Waals surface area contributed by atoms with E-state index in [0.717, 1.165) is 6.21 Å². The minimum atomic E-state index is -0.803. The number of esters is 1. The molecule has 0 aromatic carbocycles. The van der Waals surface area contributed by atoms with E-state index < -0.39 is 17.7 Å². The van der Waals surface area contributed by atoms with Gasteiger partial charge in [-0.1, -0.05) is 0 Å². The first-order valence-corrected chi connectivity index (χ1v) is 4.68. The first kappa shape index (κ1) is 13.6. The average molecular weight is 215 g/mol. The van der Waals surface area contributed by atoms with Crippen LogP contribution in [0, 0.1) is 0 Å². The van der Waals surface area contributed by atoms with Gasteiger partial charge in [0.2, 0.25) is 0 Å². The van der Waals surface area contributed by atoms with Crippen LogP contribution >= 0.6 is 0 Å². The standard InChI is InChI=1S/C10H17NO4/c1-7(2)14-8(12)6-11-9(13)15-10(3,4)5/h6-7H,1-5H3/b11-6+. The molecule has 15 heavy (non-hydrogen) atoms. The molecule has 0 unspecified atom stereocenters. The first-order chi connectivity index (χ1) is 6.70. The average Bonchev–Trinajstić information content (AvgIpc) is 1.96. The highest BCUT2D eigenvalue weighted by molar-refractivity contribution is 6.24. The van der Waals surface area contributed by atoms with E-state index in [1.54, 1.807) is 34.6 Å². The third-order valence-electron chi connectivity index (χ3n) is 1.02. The molecule has 0 saturated carbocycles. The van der Waals surface area contributed by atoms with Gasteiger partial charge in [-0.15, -0.1) is 0 Å². The van der Waals surface area contributed by atoms with E-state index in [1.807, 2.05) is 0 Å². The number of ether oxygens (including phenoxy) is 2. The molecular formula is C10H17NO4. The Hall–Kier alpha value is -1.39. The predicted molar refractivity (Wildman–Crippen MR) is 56.0 cm³/mol. The molecule has 0 fully saturated rings. The SMILES string of the molecule is CC(C)OC(=O)/C=N/C(=O)OC(C)(C)C. The summed E-state index contributed by atoms with van der Waals surface area (Å²) in [7, 11) is 0. The van der Waals surface area contributed by atoms with Crippen molar-refractivity contribution in [2.24, 2.45) is 4.99 Å². The summed E-state index contributed by atoms with van der Waals surface area (Å²) in [6.45, 7) is 8.56. The molecule has 0 aliphatic heterocycles. The molecule has 0 bridgehead atoms. The van der Waals surface area contributed by atoms with E-state index in [-0.39, 0.29) is 6.10 Å². The molecular weight excluding hydrogens is 198 g/mol. The molecule has 0 aromatic heterocycles. The Kier molecular flexibility index (Phi) is 4.97. The lowest BCUT2D eigenvalue weighted by atomic mass is 10.2. The van der Waals surface area contributed by atoms with Crippen LogP contribution in [0.15, 0.2) is 4.99 Å². The second-order valence-corrected chi connectivity index (χ2v) is 4.22. The van der Waals surface area contributed by atoms with Crippen LogP contribution in [0.1, 0.15) is 34.6 Å². The molecule has 0 rings (SSSR count). The van der Waals surface area contributed by atoms with Crippen LogP contribution in [0.3, 0.4) is 0 Å². The summed E-state index contributed by atoms with van der Waals surface area (Å²) in [5.74, 6) is -0.657. The normalized spacial score (nSPS) is 11.9. The summed E-state index contributed by atoms with van der Waals surface area (Å²) in [5.41, 5.74) is -0.615. The van der Waals surface area contributed by atoms with Crippen molar-refractivity contribution in [1.29, 1.82) is 0 Å². The molecule has 5 heteroatoms. The van der Waals surface area contributed by atoms with Crippen molar-refractivity contribution in [1.82, 2.24) is 0 Å². The molecule has 0 aliphatic carbocycles. The van der Waals surface area contributed by atoms with Gasteiger partial charge in [-0.3, -0.25) is 0 Å². The van der Waals surface area contributed by atoms with E-state index in [4.69, 9.17) is 9.47 Å². The van der Waals surface area contributed by atoms with E-state index >= 15 is 0 Å². The van der Waals surface area contributed by atoms with Gasteiger partial charge in [-0.25, -0.2) is 9.59 Å². The largest absolute Gasteiger partial charge is 0.459 e. The van der Waals surface area contributed by atoms with Crippen LogP contribution in [-0.2, 0) is 14.3 Å². The van der Waals surface area contributed by atoms with Gasteiger partial charge in [0.15, 0.2) is 0 Å². The third-order valence-corrected chi connectivity index (χ3v) is 1.02. The summed E-state index contributed by atoms with van der Waals surface area (Å²) in [6.07, 6.45) is -0.223. The Morgan fingerprint density at radius 3 is 2.20 bits per heavy atom. The summed E-state index contributed by atoms with van der Waals surface area (Å²) in [6, 6.07) is 0. The summed E-state index contributed by atoms with van der Waals surface area (Å²) in [4.78, 5) is 25.3. The van der Waals surface area contributed by atoms with Gasteiger partial charge in [0.1, 0.15) is 11.8 Å².